The van der Waals surface area contributed by atoms with Gasteiger partial charge in [-0.1, -0.05) is 26.5 Å². The lowest BCUT2D eigenvalue weighted by Crippen LogP contribution is -2.39. The fourth-order valence-corrected chi connectivity index (χ4v) is 3.62. The predicted molar refractivity (Wildman–Crippen MR) is 103 cm³/mol. The maximum absolute atomic E-state index is 12.4. The minimum Gasteiger partial charge on any atom is -0.463 e. The minimum absolute atomic E-state index is 0.285. The second-order valence-electron chi connectivity index (χ2n) is 8.09. The Bertz CT molecular complexity index is 837. The number of allylic oxidation sites excluding steroid dienone is 2. The molecule has 1 heterocycles. The molecule has 1 aliphatic heterocycles. The van der Waals surface area contributed by atoms with E-state index in [1.807, 2.05) is 13.8 Å². The van der Waals surface area contributed by atoms with Crippen LogP contribution < -0.4 is 0 Å². The lowest BCUT2D eigenvalue weighted by atomic mass is 9.71. The molecular weight excluding hydrogens is 412 g/mol. The zero-order chi connectivity index (χ0) is 23.5. The highest BCUT2D eigenvalue weighted by atomic mass is 16.6. The second-order valence-corrected chi connectivity index (χ2v) is 8.09. The van der Waals surface area contributed by atoms with Gasteiger partial charge in [0.15, 0.2) is 18.0 Å². The molecule has 0 radical (unpaired) electrons. The van der Waals surface area contributed by atoms with Crippen LogP contribution in [0.5, 0.6) is 0 Å². The first-order valence-electron chi connectivity index (χ1n) is 9.72. The van der Waals surface area contributed by atoms with Crippen LogP contribution in [0.1, 0.15) is 40.0 Å². The SMILES string of the molecule is C=CC1=C(C)C(=O)C(OC(=O)CCC(=O)OC[C@H](O)[C@H]2OC(=O)C(O)C2=O)CC1(C)C. The maximum Gasteiger partial charge on any atom is 0.343 e. The number of aliphatic hydroxyl groups excluding tert-OH is 2. The molecule has 0 aromatic heterocycles. The van der Waals surface area contributed by atoms with E-state index in [1.165, 1.54) is 0 Å². The third kappa shape index (κ3) is 5.45. The van der Waals surface area contributed by atoms with Crippen LogP contribution in [0.2, 0.25) is 0 Å². The second kappa shape index (κ2) is 9.52. The van der Waals surface area contributed by atoms with Crippen molar-refractivity contribution in [2.24, 2.45) is 5.41 Å². The van der Waals surface area contributed by atoms with Crippen LogP contribution in [-0.2, 0) is 38.2 Å². The summed E-state index contributed by atoms with van der Waals surface area (Å²) in [6, 6.07) is 0. The molecule has 1 fully saturated rings. The number of Topliss-reactive ketones (excluding diaryl/α,β-unsaturated/α-hetero) is 2. The van der Waals surface area contributed by atoms with Gasteiger partial charge in [-0.2, -0.15) is 0 Å². The van der Waals surface area contributed by atoms with Gasteiger partial charge in [0.25, 0.3) is 0 Å². The Morgan fingerprint density at radius 3 is 2.42 bits per heavy atom. The first-order valence-corrected chi connectivity index (χ1v) is 9.72. The van der Waals surface area contributed by atoms with E-state index < -0.39 is 60.1 Å². The molecule has 2 N–H and O–H groups in total. The topological polar surface area (TPSA) is 154 Å². The number of ketones is 2. The van der Waals surface area contributed by atoms with Crippen molar-refractivity contribution in [1.82, 2.24) is 0 Å². The van der Waals surface area contributed by atoms with Crippen molar-refractivity contribution >= 4 is 29.5 Å². The highest BCUT2D eigenvalue weighted by Gasteiger charge is 2.46. The first kappa shape index (κ1) is 24.4. The van der Waals surface area contributed by atoms with Crippen molar-refractivity contribution in [3.63, 3.8) is 0 Å². The van der Waals surface area contributed by atoms with Crippen molar-refractivity contribution in [3.8, 4) is 0 Å². The van der Waals surface area contributed by atoms with E-state index in [4.69, 9.17) is 9.47 Å². The Balaban J connectivity index is 1.80. The van der Waals surface area contributed by atoms with Crippen molar-refractivity contribution in [2.75, 3.05) is 6.61 Å². The Morgan fingerprint density at radius 2 is 1.87 bits per heavy atom. The highest BCUT2D eigenvalue weighted by Crippen LogP contribution is 2.40. The summed E-state index contributed by atoms with van der Waals surface area (Å²) in [5, 5.41) is 19.0. The summed E-state index contributed by atoms with van der Waals surface area (Å²) in [6.07, 6.45) is -5.05. The molecule has 0 spiro atoms. The van der Waals surface area contributed by atoms with Gasteiger partial charge in [0.05, 0.1) is 12.8 Å². The molecule has 10 nitrogen and oxygen atoms in total. The molecule has 2 unspecified atom stereocenters. The van der Waals surface area contributed by atoms with Gasteiger partial charge in [-0.15, -0.1) is 0 Å². The van der Waals surface area contributed by atoms with Crippen molar-refractivity contribution in [3.05, 3.63) is 23.8 Å². The summed E-state index contributed by atoms with van der Waals surface area (Å²) in [5.74, 6) is -4.15. The molecule has 1 saturated heterocycles. The molecule has 0 saturated carbocycles. The minimum atomic E-state index is -1.97. The van der Waals surface area contributed by atoms with E-state index in [-0.39, 0.29) is 25.0 Å². The summed E-state index contributed by atoms with van der Waals surface area (Å²) >= 11 is 0. The fourth-order valence-electron chi connectivity index (χ4n) is 3.62. The van der Waals surface area contributed by atoms with E-state index in [0.717, 1.165) is 5.57 Å². The first-order chi connectivity index (χ1) is 14.4. The van der Waals surface area contributed by atoms with E-state index in [2.05, 4.69) is 11.3 Å². The molecule has 1 aliphatic carbocycles. The van der Waals surface area contributed by atoms with E-state index in [0.29, 0.717) is 5.57 Å². The summed E-state index contributed by atoms with van der Waals surface area (Å²) in [6.45, 7) is 8.52. The van der Waals surface area contributed by atoms with E-state index in [9.17, 15) is 34.2 Å². The molecular formula is C21H26O10. The van der Waals surface area contributed by atoms with Crippen LogP contribution in [0.4, 0.5) is 0 Å². The molecule has 4 atom stereocenters. The Hall–Kier alpha value is -2.85. The standard InChI is InChI=1S/C21H26O10/c1-5-11-10(2)16(25)13(8-21(11,3)4)30-15(24)7-6-14(23)29-9-12(22)19-17(26)18(27)20(28)31-19/h5,12-13,18-19,22,27H,1,6-9H2,2-4H3/t12-,13?,18?,19+/m0/s1. The number of aliphatic hydroxyl groups is 2. The number of esters is 3. The van der Waals surface area contributed by atoms with Crippen LogP contribution in [0.3, 0.4) is 0 Å². The average molecular weight is 438 g/mol. The van der Waals surface area contributed by atoms with Crippen molar-refractivity contribution < 1.29 is 48.4 Å². The Labute approximate surface area is 178 Å². The molecule has 0 aromatic rings. The zero-order valence-corrected chi connectivity index (χ0v) is 17.6. The fraction of sp³-hybridized carbons (Fsp3) is 0.571. The van der Waals surface area contributed by atoms with E-state index >= 15 is 0 Å². The monoisotopic (exact) mass is 438 g/mol. The Morgan fingerprint density at radius 1 is 1.26 bits per heavy atom. The van der Waals surface area contributed by atoms with Gasteiger partial charge in [0.2, 0.25) is 11.9 Å². The van der Waals surface area contributed by atoms with Gasteiger partial charge in [-0.25, -0.2) is 4.79 Å². The lowest BCUT2D eigenvalue weighted by Gasteiger charge is -2.36. The molecule has 0 bridgehead atoms. The van der Waals surface area contributed by atoms with Gasteiger partial charge in [-0.05, 0) is 23.5 Å². The summed E-state index contributed by atoms with van der Waals surface area (Å²) in [4.78, 5) is 59.0. The summed E-state index contributed by atoms with van der Waals surface area (Å²) < 4.78 is 14.5. The highest BCUT2D eigenvalue weighted by molar-refractivity contribution is 6.09. The van der Waals surface area contributed by atoms with E-state index in [1.54, 1.807) is 13.0 Å². The van der Waals surface area contributed by atoms with Gasteiger partial charge in [0.1, 0.15) is 12.7 Å². The molecule has 170 valence electrons. The normalized spacial score (nSPS) is 26.4. The number of ether oxygens (including phenoxy) is 3. The Kier molecular flexibility index (Phi) is 7.50. The quantitative estimate of drug-likeness (QED) is 0.299. The molecule has 2 aliphatic rings. The third-order valence-electron chi connectivity index (χ3n) is 5.28. The molecule has 10 heteroatoms. The number of hydrogen-bond acceptors (Lipinski definition) is 10. The lowest BCUT2D eigenvalue weighted by molar-refractivity contribution is -0.160. The molecule has 31 heavy (non-hydrogen) atoms. The van der Waals surface area contributed by atoms with Crippen LogP contribution >= 0.6 is 0 Å². The predicted octanol–water partition coefficient (Wildman–Crippen LogP) is -0.0606. The van der Waals surface area contributed by atoms with Gasteiger partial charge >= 0.3 is 17.9 Å². The number of carbonyl (C=O) groups is 5. The van der Waals surface area contributed by atoms with Crippen LogP contribution in [0.15, 0.2) is 23.8 Å². The molecule has 0 aromatic carbocycles. The summed E-state index contributed by atoms with van der Waals surface area (Å²) in [7, 11) is 0. The number of hydrogen-bond donors (Lipinski definition) is 2. The molecule has 0 amide bonds. The molecule has 2 rings (SSSR count). The zero-order valence-electron chi connectivity index (χ0n) is 17.6. The summed E-state index contributed by atoms with van der Waals surface area (Å²) in [5.41, 5.74) is 0.865. The van der Waals surface area contributed by atoms with Gasteiger partial charge in [-0.3, -0.25) is 19.2 Å². The number of cyclic esters (lactones) is 1. The number of rotatable bonds is 8. The smallest absolute Gasteiger partial charge is 0.343 e. The maximum atomic E-state index is 12.4. The number of carbonyl (C=O) groups excluding carboxylic acids is 5. The van der Waals surface area contributed by atoms with Crippen molar-refractivity contribution in [1.29, 1.82) is 0 Å². The van der Waals surface area contributed by atoms with Crippen molar-refractivity contribution in [2.45, 2.75) is 64.4 Å². The largest absolute Gasteiger partial charge is 0.463 e. The van der Waals surface area contributed by atoms with Gasteiger partial charge in [0, 0.05) is 6.42 Å². The third-order valence-corrected chi connectivity index (χ3v) is 5.28. The van der Waals surface area contributed by atoms with Crippen LogP contribution in [-0.4, -0.2) is 70.7 Å². The van der Waals surface area contributed by atoms with Crippen LogP contribution in [0.25, 0.3) is 0 Å². The average Bonchev–Trinajstić information content (AvgIpc) is 2.95. The van der Waals surface area contributed by atoms with Gasteiger partial charge < -0.3 is 24.4 Å². The van der Waals surface area contributed by atoms with Crippen LogP contribution in [0, 0.1) is 5.41 Å².